The smallest absolute Gasteiger partial charge is 0.410 e. The van der Waals surface area contributed by atoms with Gasteiger partial charge in [0.1, 0.15) is 11.4 Å². The van der Waals surface area contributed by atoms with Gasteiger partial charge in [0.25, 0.3) is 0 Å². The number of nitrogen functional groups attached to an aromatic ring is 1. The summed E-state index contributed by atoms with van der Waals surface area (Å²) in [7, 11) is 0. The summed E-state index contributed by atoms with van der Waals surface area (Å²) in [5, 5.41) is 8.22. The number of aryl methyl sites for hydroxylation is 1. The molecule has 22 heavy (non-hydrogen) atoms. The Labute approximate surface area is 132 Å². The Bertz CT molecular complexity index is 554. The normalized spacial score (nSPS) is 22.5. The molecule has 0 bridgehead atoms. The summed E-state index contributed by atoms with van der Waals surface area (Å²) in [6.45, 7) is 10.4. The van der Waals surface area contributed by atoms with Crippen LogP contribution < -0.4 is 5.73 Å². The maximum atomic E-state index is 12.2. The Morgan fingerprint density at radius 2 is 2.09 bits per heavy atom. The molecule has 1 aliphatic heterocycles. The van der Waals surface area contributed by atoms with E-state index in [1.165, 1.54) is 0 Å². The summed E-state index contributed by atoms with van der Waals surface area (Å²) in [6, 6.07) is 1.97. The molecule has 0 unspecified atom stereocenters. The molecule has 6 nitrogen and oxygen atoms in total. The van der Waals surface area contributed by atoms with Crippen LogP contribution in [0.4, 0.5) is 10.6 Å². The van der Waals surface area contributed by atoms with Crippen LogP contribution in [0.15, 0.2) is 6.07 Å². The van der Waals surface area contributed by atoms with Crippen molar-refractivity contribution in [1.29, 1.82) is 0 Å². The predicted molar refractivity (Wildman–Crippen MR) is 85.6 cm³/mol. The van der Waals surface area contributed by atoms with Gasteiger partial charge in [0, 0.05) is 18.5 Å². The van der Waals surface area contributed by atoms with Crippen LogP contribution in [0.1, 0.15) is 57.7 Å². The van der Waals surface area contributed by atoms with Crippen molar-refractivity contribution >= 4 is 11.9 Å². The molecule has 122 valence electrons. The Hall–Kier alpha value is -1.85. The minimum atomic E-state index is -0.466. The maximum absolute atomic E-state index is 12.2. The molecule has 1 aromatic heterocycles. The second-order valence-corrected chi connectivity index (χ2v) is 7.08. The van der Waals surface area contributed by atoms with Gasteiger partial charge in [-0.2, -0.15) is 5.10 Å². The van der Waals surface area contributed by atoms with Crippen molar-refractivity contribution in [3.05, 3.63) is 17.3 Å². The number of ether oxygens (including phenoxy) is 1. The van der Waals surface area contributed by atoms with Crippen LogP contribution in [-0.4, -0.2) is 39.4 Å². The molecule has 1 aromatic rings. The first kappa shape index (κ1) is 16.5. The number of likely N-dealkylation sites (tertiary alicyclic amines) is 1. The molecule has 1 amide bonds. The van der Waals surface area contributed by atoms with Crippen LogP contribution in [0, 0.1) is 6.92 Å². The zero-order valence-corrected chi connectivity index (χ0v) is 14.1. The Morgan fingerprint density at radius 3 is 2.64 bits per heavy atom. The molecule has 2 rings (SSSR count). The summed E-state index contributed by atoms with van der Waals surface area (Å²) in [4.78, 5) is 14.0. The highest BCUT2D eigenvalue weighted by molar-refractivity contribution is 5.68. The number of carbonyl (C=O) groups excluding carboxylic acids is 1. The van der Waals surface area contributed by atoms with Crippen molar-refractivity contribution in [2.24, 2.45) is 0 Å². The second kappa shape index (κ2) is 6.10. The molecule has 1 aliphatic rings. The van der Waals surface area contributed by atoms with Gasteiger partial charge in [-0.1, -0.05) is 0 Å². The fraction of sp³-hybridized carbons (Fsp3) is 0.688. The average molecular weight is 306 g/mol. The summed E-state index contributed by atoms with van der Waals surface area (Å²) in [5.41, 5.74) is 7.25. The minimum absolute atomic E-state index is 0.118. The molecule has 0 spiro atoms. The highest BCUT2D eigenvalue weighted by Gasteiger charge is 2.33. The molecule has 6 heteroatoms. The molecule has 0 radical (unpaired) electrons. The minimum Gasteiger partial charge on any atom is -0.444 e. The molecule has 2 atom stereocenters. The van der Waals surface area contributed by atoms with Gasteiger partial charge >= 0.3 is 6.09 Å². The van der Waals surface area contributed by atoms with Crippen molar-refractivity contribution in [3.63, 3.8) is 0 Å². The van der Waals surface area contributed by atoms with Crippen LogP contribution in [0.5, 0.6) is 0 Å². The van der Waals surface area contributed by atoms with Gasteiger partial charge < -0.3 is 15.4 Å². The number of hydrogen-bond donors (Lipinski definition) is 1. The first-order chi connectivity index (χ1) is 10.2. The monoisotopic (exact) mass is 306 g/mol. The third-order valence-electron chi connectivity index (χ3n) is 3.93. The van der Waals surface area contributed by atoms with E-state index >= 15 is 0 Å². The molecule has 0 saturated carbocycles. The van der Waals surface area contributed by atoms with Gasteiger partial charge in [0.15, 0.2) is 0 Å². The number of nitrogens with zero attached hydrogens (tertiary/aromatic N) is 3. The molecule has 2 heterocycles. The fourth-order valence-electron chi connectivity index (χ4n) is 2.93. The molecular formula is C16H26N4O2. The lowest BCUT2D eigenvalue weighted by molar-refractivity contribution is 0.0102. The molecule has 1 fully saturated rings. The van der Waals surface area contributed by atoms with Gasteiger partial charge in [0.05, 0.1) is 5.69 Å². The van der Waals surface area contributed by atoms with Crippen LogP contribution in [-0.2, 0) is 4.74 Å². The van der Waals surface area contributed by atoms with E-state index in [4.69, 9.17) is 10.5 Å². The van der Waals surface area contributed by atoms with E-state index in [9.17, 15) is 4.79 Å². The van der Waals surface area contributed by atoms with E-state index in [-0.39, 0.29) is 12.1 Å². The van der Waals surface area contributed by atoms with Crippen molar-refractivity contribution in [3.8, 4) is 0 Å². The van der Waals surface area contributed by atoms with E-state index in [1.807, 2.05) is 38.7 Å². The van der Waals surface area contributed by atoms with Gasteiger partial charge in [0.2, 0.25) is 0 Å². The number of anilines is 1. The van der Waals surface area contributed by atoms with E-state index in [0.717, 1.165) is 24.1 Å². The zero-order chi connectivity index (χ0) is 16.5. The SMILES string of the molecule is Cc1cc(N)nnc1[C@@H]1CCN(C(=O)OC(C)(C)C)[C@@H](C)C1. The first-order valence-electron chi connectivity index (χ1n) is 7.76. The zero-order valence-electron chi connectivity index (χ0n) is 14.1. The van der Waals surface area contributed by atoms with Crippen molar-refractivity contribution in [2.75, 3.05) is 12.3 Å². The highest BCUT2D eigenvalue weighted by atomic mass is 16.6. The summed E-state index contributed by atoms with van der Waals surface area (Å²) < 4.78 is 5.47. The molecular weight excluding hydrogens is 280 g/mol. The summed E-state index contributed by atoms with van der Waals surface area (Å²) >= 11 is 0. The van der Waals surface area contributed by atoms with E-state index in [2.05, 4.69) is 17.1 Å². The number of amides is 1. The van der Waals surface area contributed by atoms with Gasteiger partial charge in [-0.05, 0) is 59.1 Å². The molecule has 1 saturated heterocycles. The largest absolute Gasteiger partial charge is 0.444 e. The van der Waals surface area contributed by atoms with Crippen LogP contribution >= 0.6 is 0 Å². The number of rotatable bonds is 1. The van der Waals surface area contributed by atoms with Gasteiger partial charge in [-0.25, -0.2) is 4.79 Å². The number of hydrogen-bond acceptors (Lipinski definition) is 5. The fourth-order valence-corrected chi connectivity index (χ4v) is 2.93. The van der Waals surface area contributed by atoms with Crippen LogP contribution in [0.2, 0.25) is 0 Å². The highest BCUT2D eigenvalue weighted by Crippen LogP contribution is 2.32. The average Bonchev–Trinajstić information content (AvgIpc) is 2.36. The topological polar surface area (TPSA) is 81.3 Å². The summed E-state index contributed by atoms with van der Waals surface area (Å²) in [6.07, 6.45) is 1.49. The van der Waals surface area contributed by atoms with Crippen LogP contribution in [0.25, 0.3) is 0 Å². The predicted octanol–water partition coefficient (Wildman–Crippen LogP) is 2.87. The van der Waals surface area contributed by atoms with E-state index in [0.29, 0.717) is 18.3 Å². The lowest BCUT2D eigenvalue weighted by Gasteiger charge is -2.38. The number of piperidine rings is 1. The van der Waals surface area contributed by atoms with Crippen molar-refractivity contribution < 1.29 is 9.53 Å². The molecule has 0 aromatic carbocycles. The second-order valence-electron chi connectivity index (χ2n) is 7.08. The Kier molecular flexibility index (Phi) is 4.58. The van der Waals surface area contributed by atoms with Crippen LogP contribution in [0.3, 0.4) is 0 Å². The Morgan fingerprint density at radius 1 is 1.41 bits per heavy atom. The third-order valence-corrected chi connectivity index (χ3v) is 3.93. The van der Waals surface area contributed by atoms with Gasteiger partial charge in [-0.15, -0.1) is 5.10 Å². The number of aromatic nitrogens is 2. The standard InChI is InChI=1S/C16H26N4O2/c1-10-8-13(17)18-19-14(10)12-6-7-20(11(2)9-12)15(21)22-16(3,4)5/h8,11-12H,6-7,9H2,1-5H3,(H2,17,18)/t11-,12+/m0/s1. The summed E-state index contributed by atoms with van der Waals surface area (Å²) in [5.74, 6) is 0.752. The lowest BCUT2D eigenvalue weighted by Crippen LogP contribution is -2.46. The quantitative estimate of drug-likeness (QED) is 0.862. The van der Waals surface area contributed by atoms with Crippen molar-refractivity contribution in [1.82, 2.24) is 15.1 Å². The first-order valence-corrected chi connectivity index (χ1v) is 7.76. The molecule has 2 N–H and O–H groups in total. The third kappa shape index (κ3) is 3.87. The van der Waals surface area contributed by atoms with Crippen molar-refractivity contribution in [2.45, 2.75) is 65.0 Å². The molecule has 0 aliphatic carbocycles. The van der Waals surface area contributed by atoms with E-state index < -0.39 is 5.60 Å². The Balaban J connectivity index is 2.05. The number of carbonyl (C=O) groups is 1. The van der Waals surface area contributed by atoms with E-state index in [1.54, 1.807) is 0 Å². The maximum Gasteiger partial charge on any atom is 0.410 e. The van der Waals surface area contributed by atoms with Gasteiger partial charge in [-0.3, -0.25) is 0 Å². The lowest BCUT2D eigenvalue weighted by atomic mass is 9.87. The number of nitrogens with two attached hydrogens (primary N) is 1.